The van der Waals surface area contributed by atoms with Gasteiger partial charge in [-0.15, -0.1) is 0 Å². The minimum Gasteiger partial charge on any atom is -0.459 e. The molecule has 1 atom stereocenters. The summed E-state index contributed by atoms with van der Waals surface area (Å²) in [5.41, 5.74) is 1.38. The Labute approximate surface area is 147 Å². The van der Waals surface area contributed by atoms with E-state index in [9.17, 15) is 9.59 Å². The summed E-state index contributed by atoms with van der Waals surface area (Å²) in [5.74, 6) is 0.261. The van der Waals surface area contributed by atoms with E-state index < -0.39 is 6.04 Å². The number of carbonyl (C=O) groups excluding carboxylic acids is 2. The van der Waals surface area contributed by atoms with Crippen molar-refractivity contribution in [3.05, 3.63) is 60.1 Å². The van der Waals surface area contributed by atoms with Crippen LogP contribution in [0.2, 0.25) is 0 Å². The number of nitrogens with one attached hydrogen (secondary N) is 2. The van der Waals surface area contributed by atoms with Gasteiger partial charge in [0.15, 0.2) is 5.76 Å². The second-order valence-corrected chi connectivity index (χ2v) is 6.64. The molecule has 0 saturated heterocycles. The van der Waals surface area contributed by atoms with Gasteiger partial charge in [-0.25, -0.2) is 0 Å². The normalized spacial score (nSPS) is 21.3. The molecule has 1 aromatic carbocycles. The van der Waals surface area contributed by atoms with Crippen LogP contribution in [0, 0.1) is 0 Å². The highest BCUT2D eigenvalue weighted by molar-refractivity contribution is 5.95. The third-order valence-corrected chi connectivity index (χ3v) is 4.83. The van der Waals surface area contributed by atoms with Gasteiger partial charge in [0, 0.05) is 6.04 Å². The Hall–Kier alpha value is -2.56. The second-order valence-electron chi connectivity index (χ2n) is 6.64. The first kappa shape index (κ1) is 17.3. The Morgan fingerprint density at radius 1 is 1.04 bits per heavy atom. The van der Waals surface area contributed by atoms with Crippen LogP contribution in [0.3, 0.4) is 0 Å². The zero-order valence-corrected chi connectivity index (χ0v) is 14.4. The first-order valence-electron chi connectivity index (χ1n) is 8.83. The lowest BCUT2D eigenvalue weighted by Crippen LogP contribution is -2.48. The molecule has 5 heteroatoms. The van der Waals surface area contributed by atoms with Crippen LogP contribution < -0.4 is 10.6 Å². The van der Waals surface area contributed by atoms with Gasteiger partial charge in [0.2, 0.25) is 5.91 Å². The maximum absolute atomic E-state index is 12.3. The quantitative estimate of drug-likeness (QED) is 0.878. The number of amides is 2. The molecular weight excluding hydrogens is 316 g/mol. The predicted molar refractivity (Wildman–Crippen MR) is 95.2 cm³/mol. The van der Waals surface area contributed by atoms with Gasteiger partial charge in [-0.1, -0.05) is 30.3 Å². The van der Waals surface area contributed by atoms with E-state index in [1.165, 1.54) is 11.8 Å². The van der Waals surface area contributed by atoms with Gasteiger partial charge in [0.1, 0.15) is 6.04 Å². The van der Waals surface area contributed by atoms with E-state index in [1.807, 2.05) is 6.07 Å². The molecule has 1 unspecified atom stereocenters. The van der Waals surface area contributed by atoms with Crippen molar-refractivity contribution in [2.24, 2.45) is 0 Å². The number of hydrogen-bond acceptors (Lipinski definition) is 3. The Morgan fingerprint density at radius 2 is 1.76 bits per heavy atom. The largest absolute Gasteiger partial charge is 0.459 e. The van der Waals surface area contributed by atoms with Gasteiger partial charge >= 0.3 is 0 Å². The molecule has 1 aliphatic rings. The minimum atomic E-state index is -0.593. The molecule has 5 nitrogen and oxygen atoms in total. The van der Waals surface area contributed by atoms with E-state index in [4.69, 9.17) is 4.42 Å². The zero-order chi connectivity index (χ0) is 17.6. The number of furan rings is 1. The van der Waals surface area contributed by atoms with Crippen LogP contribution in [-0.4, -0.2) is 23.9 Å². The maximum Gasteiger partial charge on any atom is 0.287 e. The zero-order valence-electron chi connectivity index (χ0n) is 14.4. The summed E-state index contributed by atoms with van der Waals surface area (Å²) in [5, 5.41) is 5.72. The second kappa shape index (κ2) is 8.01. The summed E-state index contributed by atoms with van der Waals surface area (Å²) < 4.78 is 5.04. The van der Waals surface area contributed by atoms with Crippen molar-refractivity contribution in [3.63, 3.8) is 0 Å². The molecule has 25 heavy (non-hydrogen) atoms. The molecule has 0 radical (unpaired) electrons. The van der Waals surface area contributed by atoms with Crippen molar-refractivity contribution in [2.75, 3.05) is 0 Å². The van der Waals surface area contributed by atoms with E-state index in [0.717, 1.165) is 25.7 Å². The van der Waals surface area contributed by atoms with Crippen LogP contribution >= 0.6 is 0 Å². The first-order chi connectivity index (χ1) is 12.1. The van der Waals surface area contributed by atoms with E-state index in [1.54, 1.807) is 19.1 Å². The summed E-state index contributed by atoms with van der Waals surface area (Å²) in [6, 6.07) is 13.3. The van der Waals surface area contributed by atoms with Crippen LogP contribution in [0.4, 0.5) is 0 Å². The van der Waals surface area contributed by atoms with Crippen molar-refractivity contribution in [2.45, 2.75) is 50.6 Å². The molecule has 3 rings (SSSR count). The predicted octanol–water partition coefficient (Wildman–Crippen LogP) is 3.24. The standard InChI is InChI=1S/C20H24N2O3/c1-14(21-20(24)18-8-5-13-25-18)19(23)22-17-11-9-16(10-12-17)15-6-3-2-4-7-15/h2-8,13-14,16-17H,9-12H2,1H3,(H,21,24)(H,22,23). The lowest BCUT2D eigenvalue weighted by molar-refractivity contribution is -0.123. The smallest absolute Gasteiger partial charge is 0.287 e. The fourth-order valence-corrected chi connectivity index (χ4v) is 3.36. The molecule has 1 saturated carbocycles. The van der Waals surface area contributed by atoms with Gasteiger partial charge in [-0.2, -0.15) is 0 Å². The molecule has 2 amide bonds. The molecule has 132 valence electrons. The molecule has 0 aliphatic heterocycles. The fourth-order valence-electron chi connectivity index (χ4n) is 3.36. The molecule has 0 bridgehead atoms. The molecule has 1 heterocycles. The van der Waals surface area contributed by atoms with Crippen LogP contribution in [0.1, 0.15) is 54.6 Å². The summed E-state index contributed by atoms with van der Waals surface area (Å²) in [7, 11) is 0. The SMILES string of the molecule is CC(NC(=O)c1ccco1)C(=O)NC1CCC(c2ccccc2)CC1. The average Bonchev–Trinajstić information content (AvgIpc) is 3.18. The topological polar surface area (TPSA) is 71.3 Å². The third kappa shape index (κ3) is 4.50. The molecule has 2 aromatic rings. The molecule has 1 aromatic heterocycles. The lowest BCUT2D eigenvalue weighted by atomic mass is 9.82. The third-order valence-electron chi connectivity index (χ3n) is 4.83. The Bertz CT molecular complexity index is 689. The molecular formula is C20H24N2O3. The van der Waals surface area contributed by atoms with Crippen LogP contribution in [0.25, 0.3) is 0 Å². The van der Waals surface area contributed by atoms with Gasteiger partial charge in [-0.05, 0) is 56.2 Å². The highest BCUT2D eigenvalue weighted by atomic mass is 16.3. The average molecular weight is 340 g/mol. The summed E-state index contributed by atoms with van der Waals surface area (Å²) >= 11 is 0. The van der Waals surface area contributed by atoms with Crippen LogP contribution in [0.15, 0.2) is 53.1 Å². The molecule has 1 aliphatic carbocycles. The van der Waals surface area contributed by atoms with E-state index in [-0.39, 0.29) is 23.6 Å². The number of rotatable bonds is 5. The fraction of sp³-hybridized carbons (Fsp3) is 0.400. The monoisotopic (exact) mass is 340 g/mol. The van der Waals surface area contributed by atoms with E-state index in [2.05, 4.69) is 34.9 Å². The van der Waals surface area contributed by atoms with Crippen LogP contribution in [0.5, 0.6) is 0 Å². The molecule has 2 N–H and O–H groups in total. The van der Waals surface area contributed by atoms with Crippen LogP contribution in [-0.2, 0) is 4.79 Å². The van der Waals surface area contributed by atoms with Crippen molar-refractivity contribution in [1.82, 2.24) is 10.6 Å². The van der Waals surface area contributed by atoms with Crippen molar-refractivity contribution in [1.29, 1.82) is 0 Å². The van der Waals surface area contributed by atoms with E-state index in [0.29, 0.717) is 5.92 Å². The highest BCUT2D eigenvalue weighted by Crippen LogP contribution is 2.32. The number of carbonyl (C=O) groups is 2. The maximum atomic E-state index is 12.3. The van der Waals surface area contributed by atoms with Crippen molar-refractivity contribution < 1.29 is 14.0 Å². The number of hydrogen-bond donors (Lipinski definition) is 2. The Balaban J connectivity index is 1.45. The first-order valence-corrected chi connectivity index (χ1v) is 8.83. The minimum absolute atomic E-state index is 0.150. The summed E-state index contributed by atoms with van der Waals surface area (Å²) in [4.78, 5) is 24.2. The van der Waals surface area contributed by atoms with Gasteiger partial charge in [0.25, 0.3) is 5.91 Å². The Morgan fingerprint density at radius 3 is 2.40 bits per heavy atom. The lowest BCUT2D eigenvalue weighted by Gasteiger charge is -2.30. The van der Waals surface area contributed by atoms with Gasteiger partial charge in [0.05, 0.1) is 6.26 Å². The van der Waals surface area contributed by atoms with Crippen molar-refractivity contribution in [3.8, 4) is 0 Å². The summed E-state index contributed by atoms with van der Waals surface area (Å²) in [6.45, 7) is 1.69. The molecule has 0 spiro atoms. The highest BCUT2D eigenvalue weighted by Gasteiger charge is 2.25. The van der Waals surface area contributed by atoms with Gasteiger partial charge < -0.3 is 15.1 Å². The van der Waals surface area contributed by atoms with Crippen molar-refractivity contribution >= 4 is 11.8 Å². The van der Waals surface area contributed by atoms with E-state index >= 15 is 0 Å². The Kier molecular flexibility index (Phi) is 5.53. The van der Waals surface area contributed by atoms with Gasteiger partial charge in [-0.3, -0.25) is 9.59 Å². The number of benzene rings is 1. The molecule has 1 fully saturated rings. The summed E-state index contributed by atoms with van der Waals surface area (Å²) in [6.07, 6.45) is 5.50.